The lowest BCUT2D eigenvalue weighted by molar-refractivity contribution is -0.121. The number of amidine groups is 1. The number of carbonyl (C=O) groups excluding carboxylic acids is 2. The SMILES string of the molecule is C=C1NC(=O)CCC1N1C(=C)c2c(CNC(C)=O)cccc2N=C1C. The molecule has 0 aliphatic carbocycles. The first-order valence-corrected chi connectivity index (χ1v) is 8.27. The van der Waals surface area contributed by atoms with Crippen molar-refractivity contribution in [1.29, 1.82) is 0 Å². The van der Waals surface area contributed by atoms with Gasteiger partial charge < -0.3 is 15.5 Å². The predicted molar refractivity (Wildman–Crippen MR) is 97.9 cm³/mol. The minimum atomic E-state index is -0.0843. The molecule has 2 amide bonds. The van der Waals surface area contributed by atoms with E-state index in [1.165, 1.54) is 6.92 Å². The van der Waals surface area contributed by atoms with Gasteiger partial charge in [-0.15, -0.1) is 0 Å². The molecule has 2 aliphatic heterocycles. The molecule has 0 bridgehead atoms. The molecular formula is C19H22N4O2. The van der Waals surface area contributed by atoms with Crippen LogP contribution in [0.4, 0.5) is 5.69 Å². The van der Waals surface area contributed by atoms with Crippen LogP contribution in [0.15, 0.2) is 42.0 Å². The fourth-order valence-electron chi connectivity index (χ4n) is 3.39. The smallest absolute Gasteiger partial charge is 0.224 e. The summed E-state index contributed by atoms with van der Waals surface area (Å²) in [5, 5.41) is 5.65. The second-order valence-corrected chi connectivity index (χ2v) is 6.32. The van der Waals surface area contributed by atoms with Crippen LogP contribution in [0.1, 0.15) is 37.8 Å². The van der Waals surface area contributed by atoms with Gasteiger partial charge in [-0.2, -0.15) is 0 Å². The number of amides is 2. The van der Waals surface area contributed by atoms with Crippen LogP contribution in [0, 0.1) is 0 Å². The van der Waals surface area contributed by atoms with E-state index in [0.717, 1.165) is 28.3 Å². The van der Waals surface area contributed by atoms with E-state index in [2.05, 4.69) is 23.8 Å². The quantitative estimate of drug-likeness (QED) is 0.889. The summed E-state index contributed by atoms with van der Waals surface area (Å²) in [6, 6.07) is 5.76. The molecule has 0 aromatic heterocycles. The number of rotatable bonds is 3. The average molecular weight is 338 g/mol. The van der Waals surface area contributed by atoms with Crippen molar-refractivity contribution in [2.24, 2.45) is 4.99 Å². The third-order valence-corrected chi connectivity index (χ3v) is 4.53. The van der Waals surface area contributed by atoms with Gasteiger partial charge in [0.25, 0.3) is 0 Å². The van der Waals surface area contributed by atoms with Crippen LogP contribution in [0.5, 0.6) is 0 Å². The summed E-state index contributed by atoms with van der Waals surface area (Å²) in [6.07, 6.45) is 1.11. The maximum atomic E-state index is 11.6. The van der Waals surface area contributed by atoms with E-state index >= 15 is 0 Å². The molecular weight excluding hydrogens is 316 g/mol. The van der Waals surface area contributed by atoms with Gasteiger partial charge in [-0.3, -0.25) is 9.59 Å². The number of nitrogens with zero attached hydrogens (tertiary/aromatic N) is 2. The zero-order chi connectivity index (χ0) is 18.1. The molecule has 2 heterocycles. The Morgan fingerprint density at radius 1 is 1.44 bits per heavy atom. The summed E-state index contributed by atoms with van der Waals surface area (Å²) >= 11 is 0. The minimum absolute atomic E-state index is 0.00906. The minimum Gasteiger partial charge on any atom is -0.352 e. The standard InChI is InChI=1S/C19H22N4O2/c1-11-17(8-9-18(25)21-11)23-12(2)19-15(10-20-14(4)24)6-5-7-16(19)22-13(23)3/h5-7,17H,1-2,8-10H2,3-4H3,(H,20,24)(H,21,25). The van der Waals surface area contributed by atoms with Gasteiger partial charge in [0.15, 0.2) is 0 Å². The Hall–Kier alpha value is -2.89. The number of carbonyl (C=O) groups is 2. The van der Waals surface area contributed by atoms with Crippen molar-refractivity contribution in [3.8, 4) is 0 Å². The number of piperidine rings is 1. The monoisotopic (exact) mass is 338 g/mol. The van der Waals surface area contributed by atoms with Crippen LogP contribution >= 0.6 is 0 Å². The van der Waals surface area contributed by atoms with Gasteiger partial charge in [0.05, 0.1) is 11.7 Å². The number of benzene rings is 1. The van der Waals surface area contributed by atoms with Gasteiger partial charge >= 0.3 is 0 Å². The molecule has 25 heavy (non-hydrogen) atoms. The second kappa shape index (κ2) is 6.55. The lowest BCUT2D eigenvalue weighted by Gasteiger charge is -2.40. The molecule has 1 aromatic carbocycles. The van der Waals surface area contributed by atoms with E-state index in [4.69, 9.17) is 4.99 Å². The molecule has 6 heteroatoms. The lowest BCUT2D eigenvalue weighted by atomic mass is 9.95. The van der Waals surface area contributed by atoms with Crippen LogP contribution in [0.3, 0.4) is 0 Å². The summed E-state index contributed by atoms with van der Waals surface area (Å²) in [5.74, 6) is 0.723. The van der Waals surface area contributed by atoms with Crippen LogP contribution in [0.2, 0.25) is 0 Å². The predicted octanol–water partition coefficient (Wildman–Crippen LogP) is 2.45. The average Bonchev–Trinajstić information content (AvgIpc) is 2.54. The van der Waals surface area contributed by atoms with Crippen molar-refractivity contribution >= 4 is 29.0 Å². The fraction of sp³-hybridized carbons (Fsp3) is 0.316. The van der Waals surface area contributed by atoms with Gasteiger partial charge in [0.2, 0.25) is 11.8 Å². The van der Waals surface area contributed by atoms with Crippen molar-refractivity contribution in [2.45, 2.75) is 39.3 Å². The Balaban J connectivity index is 1.97. The molecule has 1 unspecified atom stereocenters. The van der Waals surface area contributed by atoms with Crippen LogP contribution in [0.25, 0.3) is 5.70 Å². The summed E-state index contributed by atoms with van der Waals surface area (Å²) in [6.45, 7) is 12.1. The zero-order valence-electron chi connectivity index (χ0n) is 14.6. The summed E-state index contributed by atoms with van der Waals surface area (Å²) < 4.78 is 0. The first-order valence-electron chi connectivity index (χ1n) is 8.27. The highest BCUT2D eigenvalue weighted by Crippen LogP contribution is 2.38. The molecule has 1 atom stereocenters. The van der Waals surface area contributed by atoms with E-state index in [-0.39, 0.29) is 17.9 Å². The first-order chi connectivity index (χ1) is 11.9. The topological polar surface area (TPSA) is 73.8 Å². The largest absolute Gasteiger partial charge is 0.352 e. The third kappa shape index (κ3) is 3.20. The van der Waals surface area contributed by atoms with Crippen LogP contribution in [-0.4, -0.2) is 28.6 Å². The second-order valence-electron chi connectivity index (χ2n) is 6.32. The Morgan fingerprint density at radius 2 is 2.20 bits per heavy atom. The maximum absolute atomic E-state index is 11.6. The number of fused-ring (bicyclic) bond motifs is 1. The number of hydrogen-bond donors (Lipinski definition) is 2. The Bertz CT molecular complexity index is 810. The van der Waals surface area contributed by atoms with Crippen LogP contribution in [-0.2, 0) is 16.1 Å². The highest BCUT2D eigenvalue weighted by atomic mass is 16.2. The Morgan fingerprint density at radius 3 is 2.88 bits per heavy atom. The molecule has 0 radical (unpaired) electrons. The molecule has 2 aliphatic rings. The summed E-state index contributed by atoms with van der Waals surface area (Å²) in [7, 11) is 0. The molecule has 3 rings (SSSR count). The molecule has 2 N–H and O–H groups in total. The van der Waals surface area contributed by atoms with E-state index in [1.807, 2.05) is 30.0 Å². The number of nitrogens with one attached hydrogen (secondary N) is 2. The number of hydrogen-bond acceptors (Lipinski definition) is 4. The molecule has 0 spiro atoms. The normalized spacial score (nSPS) is 19.9. The van der Waals surface area contributed by atoms with Gasteiger partial charge in [0.1, 0.15) is 5.84 Å². The van der Waals surface area contributed by atoms with E-state index < -0.39 is 0 Å². The van der Waals surface area contributed by atoms with E-state index in [9.17, 15) is 9.59 Å². The van der Waals surface area contributed by atoms with Crippen molar-refractivity contribution in [3.63, 3.8) is 0 Å². The van der Waals surface area contributed by atoms with Crippen molar-refractivity contribution < 1.29 is 9.59 Å². The first kappa shape index (κ1) is 17.0. The third-order valence-electron chi connectivity index (χ3n) is 4.53. The van der Waals surface area contributed by atoms with Crippen molar-refractivity contribution in [3.05, 3.63) is 48.2 Å². The Kier molecular flexibility index (Phi) is 4.44. The molecule has 130 valence electrons. The van der Waals surface area contributed by atoms with Gasteiger partial charge in [-0.05, 0) is 25.0 Å². The molecule has 1 aromatic rings. The Labute approximate surface area is 147 Å². The maximum Gasteiger partial charge on any atom is 0.224 e. The van der Waals surface area contributed by atoms with Gasteiger partial charge in [0, 0.05) is 36.8 Å². The highest BCUT2D eigenvalue weighted by Gasteiger charge is 2.33. The molecule has 1 fully saturated rings. The van der Waals surface area contributed by atoms with Crippen molar-refractivity contribution in [2.75, 3.05) is 0 Å². The molecule has 6 nitrogen and oxygen atoms in total. The van der Waals surface area contributed by atoms with Gasteiger partial charge in [-0.25, -0.2) is 4.99 Å². The summed E-state index contributed by atoms with van der Waals surface area (Å²) in [4.78, 5) is 29.6. The van der Waals surface area contributed by atoms with Crippen molar-refractivity contribution in [1.82, 2.24) is 15.5 Å². The lowest BCUT2D eigenvalue weighted by Crippen LogP contribution is -2.47. The number of aliphatic imine (C=N–C) groups is 1. The molecule has 1 saturated heterocycles. The fourth-order valence-corrected chi connectivity index (χ4v) is 3.39. The summed E-state index contributed by atoms with van der Waals surface area (Å²) in [5.41, 5.74) is 4.20. The van der Waals surface area contributed by atoms with E-state index in [1.54, 1.807) is 0 Å². The van der Waals surface area contributed by atoms with Gasteiger partial charge in [-0.1, -0.05) is 25.3 Å². The zero-order valence-corrected chi connectivity index (χ0v) is 14.6. The van der Waals surface area contributed by atoms with Crippen LogP contribution < -0.4 is 10.6 Å². The molecule has 0 saturated carbocycles. The highest BCUT2D eigenvalue weighted by molar-refractivity contribution is 5.98. The van der Waals surface area contributed by atoms with E-state index in [0.29, 0.717) is 25.1 Å².